The first-order chi connectivity index (χ1) is 14.4. The fourth-order valence-electron chi connectivity index (χ4n) is 2.77. The number of carbonyl (C=O) groups is 2. The molecule has 10 heteroatoms. The second kappa shape index (κ2) is 9.41. The largest absolute Gasteiger partial charge is 0.285 e. The highest BCUT2D eigenvalue weighted by atomic mass is 16.6. The summed E-state index contributed by atoms with van der Waals surface area (Å²) in [7, 11) is 0. The molecule has 1 aliphatic heterocycles. The molecule has 154 valence electrons. The van der Waals surface area contributed by atoms with E-state index < -0.39 is 22.8 Å². The van der Waals surface area contributed by atoms with Crippen molar-refractivity contribution in [1.82, 2.24) is 16.3 Å². The van der Waals surface area contributed by atoms with Gasteiger partial charge in [-0.2, -0.15) is 5.10 Å². The maximum absolute atomic E-state index is 12.2. The first-order valence-corrected chi connectivity index (χ1v) is 9.17. The minimum absolute atomic E-state index is 0.0309. The van der Waals surface area contributed by atoms with Gasteiger partial charge in [0.2, 0.25) is 5.91 Å². The number of carbonyl (C=O) groups excluding carboxylic acids is 2. The molecule has 0 aromatic heterocycles. The Hall–Kier alpha value is -4.08. The molecule has 0 spiro atoms. The first kappa shape index (κ1) is 20.6. The van der Waals surface area contributed by atoms with E-state index in [4.69, 9.17) is 0 Å². The average Bonchev–Trinajstić information content (AvgIpc) is 2.75. The highest BCUT2D eigenvalue weighted by Crippen LogP contribution is 2.12. The second-order valence-electron chi connectivity index (χ2n) is 6.61. The van der Waals surface area contributed by atoms with E-state index in [1.807, 2.05) is 30.3 Å². The molecule has 0 fully saturated rings. The van der Waals surface area contributed by atoms with E-state index in [9.17, 15) is 19.7 Å². The number of hydrogen-bond acceptors (Lipinski definition) is 7. The molecule has 0 radical (unpaired) electrons. The summed E-state index contributed by atoms with van der Waals surface area (Å²) in [5, 5.41) is 14.7. The van der Waals surface area contributed by atoms with Gasteiger partial charge in [-0.25, -0.2) is 5.43 Å². The third kappa shape index (κ3) is 5.47. The summed E-state index contributed by atoms with van der Waals surface area (Å²) in [6.45, 7) is 1.66. The van der Waals surface area contributed by atoms with Crippen LogP contribution in [0.2, 0.25) is 0 Å². The van der Waals surface area contributed by atoms with Gasteiger partial charge in [-0.05, 0) is 30.2 Å². The zero-order valence-electron chi connectivity index (χ0n) is 16.2. The molecule has 3 rings (SSSR count). The number of nitro benzene ring substituents is 1. The Morgan fingerprint density at radius 1 is 1.17 bits per heavy atom. The van der Waals surface area contributed by atoms with Crippen molar-refractivity contribution >= 4 is 29.0 Å². The van der Waals surface area contributed by atoms with Gasteiger partial charge in [0.25, 0.3) is 11.6 Å². The van der Waals surface area contributed by atoms with Gasteiger partial charge in [0.15, 0.2) is 0 Å². The maximum atomic E-state index is 12.2. The number of rotatable bonds is 7. The molecule has 3 N–H and O–H groups in total. The molecule has 10 nitrogen and oxygen atoms in total. The van der Waals surface area contributed by atoms with Gasteiger partial charge in [0.05, 0.1) is 17.1 Å². The minimum atomic E-state index is -0.861. The third-order valence-electron chi connectivity index (χ3n) is 4.38. The van der Waals surface area contributed by atoms with Gasteiger partial charge in [0, 0.05) is 18.6 Å². The Morgan fingerprint density at radius 3 is 2.53 bits per heavy atom. The van der Waals surface area contributed by atoms with Crippen molar-refractivity contribution in [2.45, 2.75) is 25.8 Å². The number of nitro groups is 1. The molecule has 0 bridgehead atoms. The zero-order valence-corrected chi connectivity index (χ0v) is 16.2. The number of hydrazone groups is 1. The maximum Gasteiger partial charge on any atom is 0.269 e. The lowest BCUT2D eigenvalue weighted by Crippen LogP contribution is -2.52. The number of hydrogen-bond donors (Lipinski definition) is 3. The van der Waals surface area contributed by atoms with E-state index in [0.29, 0.717) is 23.5 Å². The summed E-state index contributed by atoms with van der Waals surface area (Å²) >= 11 is 0. The summed E-state index contributed by atoms with van der Waals surface area (Å²) in [5.41, 5.74) is 9.76. The van der Waals surface area contributed by atoms with Crippen LogP contribution in [0.25, 0.3) is 0 Å². The van der Waals surface area contributed by atoms with Crippen LogP contribution in [0.15, 0.2) is 64.7 Å². The van der Waals surface area contributed by atoms with Crippen LogP contribution in [-0.4, -0.2) is 34.3 Å². The van der Waals surface area contributed by atoms with E-state index in [0.717, 1.165) is 5.56 Å². The van der Waals surface area contributed by atoms with E-state index in [1.165, 1.54) is 12.1 Å². The topological polar surface area (TPSA) is 138 Å². The molecule has 0 saturated carbocycles. The molecule has 0 aliphatic carbocycles. The molecule has 1 heterocycles. The van der Waals surface area contributed by atoms with Crippen LogP contribution in [0.5, 0.6) is 0 Å². The fraction of sp³-hybridized carbons (Fsp3) is 0.200. The number of hydrazine groups is 1. The number of non-ortho nitro benzene ring substituents is 1. The third-order valence-corrected chi connectivity index (χ3v) is 4.38. The molecule has 2 aromatic carbocycles. The highest BCUT2D eigenvalue weighted by Gasteiger charge is 2.25. The number of nitrogens with one attached hydrogen (secondary N) is 3. The van der Waals surface area contributed by atoms with Crippen molar-refractivity contribution < 1.29 is 14.5 Å². The normalized spacial score (nSPS) is 16.2. The molecule has 2 aromatic rings. The number of aliphatic imine (C=N–C) groups is 1. The van der Waals surface area contributed by atoms with Crippen molar-refractivity contribution in [3.05, 3.63) is 75.8 Å². The zero-order chi connectivity index (χ0) is 21.5. The average molecular weight is 408 g/mol. The van der Waals surface area contributed by atoms with Gasteiger partial charge in [-0.1, -0.05) is 30.3 Å². The van der Waals surface area contributed by atoms with Gasteiger partial charge < -0.3 is 0 Å². The van der Waals surface area contributed by atoms with Crippen molar-refractivity contribution in [2.24, 2.45) is 10.1 Å². The smallest absolute Gasteiger partial charge is 0.269 e. The summed E-state index contributed by atoms with van der Waals surface area (Å²) in [6, 6.07) is 14.6. The van der Waals surface area contributed by atoms with Crippen LogP contribution < -0.4 is 16.3 Å². The lowest BCUT2D eigenvalue weighted by Gasteiger charge is -2.21. The highest BCUT2D eigenvalue weighted by molar-refractivity contribution is 6.00. The Bertz CT molecular complexity index is 1000. The minimum Gasteiger partial charge on any atom is -0.285 e. The van der Waals surface area contributed by atoms with Crippen LogP contribution in [0.1, 0.15) is 24.5 Å². The van der Waals surface area contributed by atoms with Gasteiger partial charge in [-0.3, -0.25) is 35.5 Å². The molecular weight excluding hydrogens is 388 g/mol. The standard InChI is InChI=1S/C20H20N6O4/c1-13(15-7-9-16(10-8-15)26(29)30)22-24-19(27)12-17-20(28)25-23-18(21-17)11-14-5-3-2-4-6-14/h2-10,17H,11-12H2,1H3,(H,21,23)(H,24,27)(H,25,28)/b22-13+/t17-/m0/s1. The van der Waals surface area contributed by atoms with E-state index in [-0.39, 0.29) is 12.1 Å². The van der Waals surface area contributed by atoms with Gasteiger partial charge in [0.1, 0.15) is 11.9 Å². The van der Waals surface area contributed by atoms with Crippen LogP contribution >= 0.6 is 0 Å². The Morgan fingerprint density at radius 2 is 1.87 bits per heavy atom. The summed E-state index contributed by atoms with van der Waals surface area (Å²) < 4.78 is 0. The molecule has 1 aliphatic rings. The monoisotopic (exact) mass is 408 g/mol. The molecule has 0 saturated heterocycles. The predicted molar refractivity (Wildman–Crippen MR) is 111 cm³/mol. The molecule has 2 amide bonds. The number of benzene rings is 2. The number of nitrogens with zero attached hydrogens (tertiary/aromatic N) is 3. The first-order valence-electron chi connectivity index (χ1n) is 9.17. The van der Waals surface area contributed by atoms with Crippen LogP contribution in [0.3, 0.4) is 0 Å². The van der Waals surface area contributed by atoms with Gasteiger partial charge in [-0.15, -0.1) is 0 Å². The summed E-state index contributed by atoms with van der Waals surface area (Å²) in [5.74, 6) is -0.316. The Balaban J connectivity index is 1.59. The number of amides is 2. The molecule has 30 heavy (non-hydrogen) atoms. The molecule has 0 unspecified atom stereocenters. The van der Waals surface area contributed by atoms with Crippen LogP contribution in [0.4, 0.5) is 5.69 Å². The number of amidine groups is 1. The van der Waals surface area contributed by atoms with Crippen LogP contribution in [0, 0.1) is 10.1 Å². The predicted octanol–water partition coefficient (Wildman–Crippen LogP) is 1.47. The van der Waals surface area contributed by atoms with E-state index in [2.05, 4.69) is 26.4 Å². The van der Waals surface area contributed by atoms with Crippen molar-refractivity contribution in [3.63, 3.8) is 0 Å². The second-order valence-corrected chi connectivity index (χ2v) is 6.61. The summed E-state index contributed by atoms with van der Waals surface area (Å²) in [4.78, 5) is 38.8. The quantitative estimate of drug-likeness (QED) is 0.362. The summed E-state index contributed by atoms with van der Waals surface area (Å²) in [6.07, 6.45) is 0.333. The van der Waals surface area contributed by atoms with Crippen molar-refractivity contribution in [2.75, 3.05) is 0 Å². The van der Waals surface area contributed by atoms with E-state index in [1.54, 1.807) is 19.1 Å². The lowest BCUT2D eigenvalue weighted by molar-refractivity contribution is -0.384. The SMILES string of the molecule is C/C(=N\NC(=O)C[C@@H]1N=C(Cc2ccccc2)NNC1=O)c1ccc([N+](=O)[O-])cc1. The Kier molecular flexibility index (Phi) is 6.48. The van der Waals surface area contributed by atoms with E-state index >= 15 is 0 Å². The molecular formula is C20H20N6O4. The van der Waals surface area contributed by atoms with Crippen molar-refractivity contribution in [3.8, 4) is 0 Å². The van der Waals surface area contributed by atoms with Gasteiger partial charge >= 0.3 is 0 Å². The van der Waals surface area contributed by atoms with Crippen LogP contribution in [-0.2, 0) is 16.0 Å². The molecule has 1 atom stereocenters. The lowest BCUT2D eigenvalue weighted by atomic mass is 10.1. The van der Waals surface area contributed by atoms with Crippen molar-refractivity contribution in [1.29, 1.82) is 0 Å². The Labute approximate surface area is 172 Å². The fourth-order valence-corrected chi connectivity index (χ4v) is 2.77.